The second-order valence-corrected chi connectivity index (χ2v) is 7.03. The smallest absolute Gasteiger partial charge is 0.0218 e. The first-order chi connectivity index (χ1) is 8.58. The van der Waals surface area contributed by atoms with E-state index in [-0.39, 0.29) is 0 Å². The van der Waals surface area contributed by atoms with Gasteiger partial charge in [-0.15, -0.1) is 0 Å². The number of rotatable bonds is 3. The molecule has 0 bridgehead atoms. The first-order valence-electron chi connectivity index (χ1n) is 8.12. The molecule has 4 unspecified atom stereocenters. The standard InChI is InChI=1S/C16H32N2/c1-12(2)15-9-6-10-16(11-15)17-18-13(3)7-5-8-14(18)4/h12-17H,5-11H2,1-4H3. The van der Waals surface area contributed by atoms with E-state index >= 15 is 0 Å². The quantitative estimate of drug-likeness (QED) is 0.817. The van der Waals surface area contributed by atoms with E-state index in [1.54, 1.807) is 0 Å². The molecule has 0 spiro atoms. The van der Waals surface area contributed by atoms with E-state index in [2.05, 4.69) is 38.1 Å². The van der Waals surface area contributed by atoms with Gasteiger partial charge in [0.05, 0.1) is 0 Å². The predicted octanol–water partition coefficient (Wildman–Crippen LogP) is 3.97. The van der Waals surface area contributed by atoms with Crippen molar-refractivity contribution in [3.05, 3.63) is 0 Å². The highest BCUT2D eigenvalue weighted by Gasteiger charge is 2.30. The highest BCUT2D eigenvalue weighted by atomic mass is 15.5. The van der Waals surface area contributed by atoms with Crippen LogP contribution in [-0.4, -0.2) is 23.1 Å². The van der Waals surface area contributed by atoms with Crippen molar-refractivity contribution >= 4 is 0 Å². The third kappa shape index (κ3) is 3.48. The fourth-order valence-corrected chi connectivity index (χ4v) is 3.84. The Bertz CT molecular complexity index is 241. The summed E-state index contributed by atoms with van der Waals surface area (Å²) in [5.74, 6) is 1.79. The second kappa shape index (κ2) is 6.38. The first-order valence-corrected chi connectivity index (χ1v) is 8.12. The Morgan fingerprint density at radius 2 is 1.56 bits per heavy atom. The lowest BCUT2D eigenvalue weighted by atomic mass is 9.79. The minimum atomic E-state index is 0.716. The number of hydrazine groups is 1. The Morgan fingerprint density at radius 3 is 2.17 bits per heavy atom. The molecule has 106 valence electrons. The SMILES string of the molecule is CC(C)C1CCCC(NN2C(C)CCCC2C)C1. The van der Waals surface area contributed by atoms with E-state index in [1.165, 1.54) is 44.9 Å². The van der Waals surface area contributed by atoms with Crippen LogP contribution in [0.2, 0.25) is 0 Å². The van der Waals surface area contributed by atoms with Crippen LogP contribution in [0.5, 0.6) is 0 Å². The third-order valence-electron chi connectivity index (χ3n) is 5.18. The zero-order valence-electron chi connectivity index (χ0n) is 12.8. The Balaban J connectivity index is 1.87. The van der Waals surface area contributed by atoms with Gasteiger partial charge in [0.2, 0.25) is 0 Å². The monoisotopic (exact) mass is 252 g/mol. The average molecular weight is 252 g/mol. The van der Waals surface area contributed by atoms with Crippen LogP contribution in [0.15, 0.2) is 0 Å². The van der Waals surface area contributed by atoms with Gasteiger partial charge in [-0.2, -0.15) is 0 Å². The summed E-state index contributed by atoms with van der Waals surface area (Å²) in [5.41, 5.74) is 3.88. The normalized spacial score (nSPS) is 39.2. The molecule has 0 aromatic rings. The van der Waals surface area contributed by atoms with Gasteiger partial charge in [-0.05, 0) is 51.4 Å². The predicted molar refractivity (Wildman–Crippen MR) is 78.3 cm³/mol. The molecular formula is C16H32N2. The van der Waals surface area contributed by atoms with Crippen LogP contribution in [0.25, 0.3) is 0 Å². The fraction of sp³-hybridized carbons (Fsp3) is 1.00. The van der Waals surface area contributed by atoms with Crippen LogP contribution in [0, 0.1) is 11.8 Å². The van der Waals surface area contributed by atoms with E-state index in [1.807, 2.05) is 0 Å². The molecule has 0 radical (unpaired) electrons. The van der Waals surface area contributed by atoms with Crippen molar-refractivity contribution in [3.63, 3.8) is 0 Å². The molecular weight excluding hydrogens is 220 g/mol. The van der Waals surface area contributed by atoms with Gasteiger partial charge < -0.3 is 0 Å². The Hall–Kier alpha value is -0.0800. The summed E-state index contributed by atoms with van der Waals surface area (Å²) in [7, 11) is 0. The van der Waals surface area contributed by atoms with E-state index in [4.69, 9.17) is 0 Å². The highest BCUT2D eigenvalue weighted by Crippen LogP contribution is 2.31. The van der Waals surface area contributed by atoms with Gasteiger partial charge in [-0.25, -0.2) is 5.01 Å². The van der Waals surface area contributed by atoms with Crippen molar-refractivity contribution in [3.8, 4) is 0 Å². The zero-order valence-corrected chi connectivity index (χ0v) is 12.8. The fourth-order valence-electron chi connectivity index (χ4n) is 3.84. The molecule has 1 aliphatic carbocycles. The number of nitrogens with one attached hydrogen (secondary N) is 1. The molecule has 2 heteroatoms. The molecule has 2 fully saturated rings. The number of hydrogen-bond donors (Lipinski definition) is 1. The van der Waals surface area contributed by atoms with Crippen LogP contribution in [0.1, 0.15) is 72.6 Å². The Morgan fingerprint density at radius 1 is 0.944 bits per heavy atom. The van der Waals surface area contributed by atoms with Gasteiger partial charge in [-0.1, -0.05) is 33.1 Å². The van der Waals surface area contributed by atoms with Crippen LogP contribution < -0.4 is 5.43 Å². The first kappa shape index (κ1) is 14.3. The van der Waals surface area contributed by atoms with Gasteiger partial charge in [0.15, 0.2) is 0 Å². The molecule has 4 atom stereocenters. The second-order valence-electron chi connectivity index (χ2n) is 7.03. The molecule has 2 nitrogen and oxygen atoms in total. The molecule has 2 rings (SSSR count). The maximum absolute atomic E-state index is 3.88. The van der Waals surface area contributed by atoms with Crippen molar-refractivity contribution in [2.24, 2.45) is 11.8 Å². The van der Waals surface area contributed by atoms with E-state index < -0.39 is 0 Å². The lowest BCUT2D eigenvalue weighted by molar-refractivity contribution is 0.0158. The Labute approximate surface area is 113 Å². The summed E-state index contributed by atoms with van der Waals surface area (Å²) in [6, 6.07) is 2.16. The molecule has 0 amide bonds. The summed E-state index contributed by atoms with van der Waals surface area (Å²) in [6.07, 6.45) is 9.74. The van der Waals surface area contributed by atoms with Crippen LogP contribution in [0.4, 0.5) is 0 Å². The van der Waals surface area contributed by atoms with Crippen molar-refractivity contribution < 1.29 is 0 Å². The lowest BCUT2D eigenvalue weighted by Gasteiger charge is -2.43. The van der Waals surface area contributed by atoms with Crippen molar-refractivity contribution in [1.82, 2.24) is 10.4 Å². The third-order valence-corrected chi connectivity index (χ3v) is 5.18. The van der Waals surface area contributed by atoms with Crippen LogP contribution in [-0.2, 0) is 0 Å². The van der Waals surface area contributed by atoms with Gasteiger partial charge in [-0.3, -0.25) is 5.43 Å². The summed E-state index contributed by atoms with van der Waals surface area (Å²) >= 11 is 0. The minimum Gasteiger partial charge on any atom is -0.252 e. The number of nitrogens with zero attached hydrogens (tertiary/aromatic N) is 1. The topological polar surface area (TPSA) is 15.3 Å². The van der Waals surface area contributed by atoms with E-state index in [9.17, 15) is 0 Å². The molecule has 0 aromatic carbocycles. The number of hydrogen-bond acceptors (Lipinski definition) is 2. The van der Waals surface area contributed by atoms with Crippen molar-refractivity contribution in [2.45, 2.75) is 90.8 Å². The maximum atomic E-state index is 3.88. The van der Waals surface area contributed by atoms with E-state index in [0.717, 1.165) is 17.9 Å². The molecule has 1 saturated heterocycles. The Kier molecular flexibility index (Phi) is 5.08. The number of piperidine rings is 1. The zero-order chi connectivity index (χ0) is 13.1. The van der Waals surface area contributed by atoms with Gasteiger partial charge in [0.25, 0.3) is 0 Å². The summed E-state index contributed by atoms with van der Waals surface area (Å²) in [6.45, 7) is 9.54. The van der Waals surface area contributed by atoms with Gasteiger partial charge >= 0.3 is 0 Å². The molecule has 0 aromatic heterocycles. The average Bonchev–Trinajstić information content (AvgIpc) is 2.34. The molecule has 1 aliphatic heterocycles. The van der Waals surface area contributed by atoms with Crippen molar-refractivity contribution in [2.75, 3.05) is 0 Å². The maximum Gasteiger partial charge on any atom is 0.0218 e. The van der Waals surface area contributed by atoms with Gasteiger partial charge in [0.1, 0.15) is 0 Å². The molecule has 18 heavy (non-hydrogen) atoms. The summed E-state index contributed by atoms with van der Waals surface area (Å²) < 4.78 is 0. The lowest BCUT2D eigenvalue weighted by Crippen LogP contribution is -2.56. The van der Waals surface area contributed by atoms with Gasteiger partial charge in [0, 0.05) is 18.1 Å². The van der Waals surface area contributed by atoms with E-state index in [0.29, 0.717) is 12.1 Å². The highest BCUT2D eigenvalue weighted by molar-refractivity contribution is 4.83. The van der Waals surface area contributed by atoms with Crippen LogP contribution >= 0.6 is 0 Å². The van der Waals surface area contributed by atoms with Crippen LogP contribution in [0.3, 0.4) is 0 Å². The summed E-state index contributed by atoms with van der Waals surface area (Å²) in [5, 5.41) is 2.57. The molecule has 1 saturated carbocycles. The summed E-state index contributed by atoms with van der Waals surface area (Å²) in [4.78, 5) is 0. The molecule has 2 aliphatic rings. The minimum absolute atomic E-state index is 0.716. The van der Waals surface area contributed by atoms with Crippen molar-refractivity contribution in [1.29, 1.82) is 0 Å². The molecule has 1 heterocycles. The molecule has 1 N–H and O–H groups in total. The largest absolute Gasteiger partial charge is 0.252 e.